The van der Waals surface area contributed by atoms with Crippen LogP contribution < -0.4 is 5.32 Å². The highest BCUT2D eigenvalue weighted by Gasteiger charge is 2.36. The second-order valence-electron chi connectivity index (χ2n) is 7.73. The lowest BCUT2D eigenvalue weighted by Crippen LogP contribution is -2.62. The Kier molecular flexibility index (Phi) is 4.37. The molecule has 4 nitrogen and oxygen atoms in total. The van der Waals surface area contributed by atoms with Crippen LogP contribution in [0.4, 0.5) is 0 Å². The summed E-state index contributed by atoms with van der Waals surface area (Å²) < 4.78 is 0. The monoisotopic (exact) mass is 280 g/mol. The zero-order valence-corrected chi connectivity index (χ0v) is 13.6. The first-order valence-electron chi connectivity index (χ1n) is 8.44. The van der Waals surface area contributed by atoms with Gasteiger partial charge >= 0.3 is 0 Å². The summed E-state index contributed by atoms with van der Waals surface area (Å²) in [6, 6.07) is 0.740. The molecular formula is C16H32N4. The van der Waals surface area contributed by atoms with E-state index in [9.17, 15) is 0 Å². The van der Waals surface area contributed by atoms with E-state index in [1.165, 1.54) is 58.7 Å². The van der Waals surface area contributed by atoms with Gasteiger partial charge in [-0.2, -0.15) is 0 Å². The van der Waals surface area contributed by atoms with Gasteiger partial charge in [-0.15, -0.1) is 0 Å². The van der Waals surface area contributed by atoms with Crippen molar-refractivity contribution in [2.75, 3.05) is 59.4 Å². The van der Waals surface area contributed by atoms with E-state index in [2.05, 4.69) is 40.9 Å². The van der Waals surface area contributed by atoms with Gasteiger partial charge in [0.2, 0.25) is 0 Å². The molecule has 4 saturated heterocycles. The van der Waals surface area contributed by atoms with Crippen LogP contribution in [0.5, 0.6) is 0 Å². The van der Waals surface area contributed by atoms with Crippen molar-refractivity contribution in [3.63, 3.8) is 0 Å². The fraction of sp³-hybridized carbons (Fsp3) is 1.00. The van der Waals surface area contributed by atoms with Crippen LogP contribution in [0.15, 0.2) is 0 Å². The molecule has 0 amide bonds. The molecule has 1 atom stereocenters. The Morgan fingerprint density at radius 1 is 1.00 bits per heavy atom. The summed E-state index contributed by atoms with van der Waals surface area (Å²) in [5, 5.41) is 3.90. The molecule has 4 rings (SSSR count). The Hall–Kier alpha value is -0.160. The van der Waals surface area contributed by atoms with E-state index in [1.54, 1.807) is 0 Å². The van der Waals surface area contributed by atoms with Crippen molar-refractivity contribution < 1.29 is 0 Å². The molecule has 0 spiro atoms. The van der Waals surface area contributed by atoms with Crippen LogP contribution in [0.1, 0.15) is 26.7 Å². The van der Waals surface area contributed by atoms with Crippen molar-refractivity contribution in [2.24, 2.45) is 5.92 Å². The van der Waals surface area contributed by atoms with E-state index in [0.29, 0.717) is 0 Å². The van der Waals surface area contributed by atoms with Gasteiger partial charge in [0.1, 0.15) is 0 Å². The van der Waals surface area contributed by atoms with Crippen molar-refractivity contribution in [1.29, 1.82) is 0 Å². The van der Waals surface area contributed by atoms with Gasteiger partial charge in [-0.3, -0.25) is 4.90 Å². The predicted molar refractivity (Wildman–Crippen MR) is 84.1 cm³/mol. The third-order valence-corrected chi connectivity index (χ3v) is 5.81. The van der Waals surface area contributed by atoms with Gasteiger partial charge in [-0.25, -0.2) is 0 Å². The van der Waals surface area contributed by atoms with E-state index < -0.39 is 0 Å². The maximum atomic E-state index is 3.90. The van der Waals surface area contributed by atoms with Gasteiger partial charge in [0.05, 0.1) is 0 Å². The molecule has 0 aliphatic carbocycles. The molecule has 0 saturated carbocycles. The molecule has 4 aliphatic rings. The lowest BCUT2D eigenvalue weighted by atomic mass is 9.83. The predicted octanol–water partition coefficient (Wildman–Crippen LogP) is 0.696. The number of fused-ring (bicyclic) bond motifs is 3. The maximum Gasteiger partial charge on any atom is 0.0278 e. The second-order valence-corrected chi connectivity index (χ2v) is 7.73. The molecule has 4 heterocycles. The number of hydrogen-bond donors (Lipinski definition) is 1. The van der Waals surface area contributed by atoms with E-state index in [4.69, 9.17) is 0 Å². The summed E-state index contributed by atoms with van der Waals surface area (Å²) in [5.74, 6) is 0.934. The van der Waals surface area contributed by atoms with Crippen LogP contribution in [0.3, 0.4) is 0 Å². The van der Waals surface area contributed by atoms with Crippen molar-refractivity contribution >= 4 is 0 Å². The SMILES string of the molecule is CN1CCN(C(C)(C)CNC2CN3CCC2CC3)CC1. The summed E-state index contributed by atoms with van der Waals surface area (Å²) in [7, 11) is 2.23. The molecule has 1 unspecified atom stereocenters. The number of nitrogens with one attached hydrogen (secondary N) is 1. The second kappa shape index (κ2) is 5.91. The first kappa shape index (κ1) is 14.8. The molecule has 4 fully saturated rings. The van der Waals surface area contributed by atoms with Crippen molar-refractivity contribution in [1.82, 2.24) is 20.0 Å². The van der Waals surface area contributed by atoms with Gasteiger partial charge in [0.15, 0.2) is 0 Å². The summed E-state index contributed by atoms with van der Waals surface area (Å²) in [6.45, 7) is 14.8. The Morgan fingerprint density at radius 3 is 2.20 bits per heavy atom. The minimum Gasteiger partial charge on any atom is -0.311 e. The third-order valence-electron chi connectivity index (χ3n) is 5.81. The number of nitrogens with zero attached hydrogens (tertiary/aromatic N) is 3. The average Bonchev–Trinajstić information content (AvgIpc) is 2.47. The normalized spacial score (nSPS) is 36.5. The summed E-state index contributed by atoms with van der Waals surface area (Å²) in [4.78, 5) is 7.75. The standard InChI is InChI=1S/C16H32N4/c1-16(2,20-10-8-18(3)9-11-20)13-17-15-12-19-6-4-14(15)5-7-19/h14-15,17H,4-13H2,1-3H3. The van der Waals surface area contributed by atoms with Gasteiger partial charge in [0.25, 0.3) is 0 Å². The molecule has 2 bridgehead atoms. The molecular weight excluding hydrogens is 248 g/mol. The summed E-state index contributed by atoms with van der Waals surface area (Å²) in [5.41, 5.74) is 0.285. The molecule has 20 heavy (non-hydrogen) atoms. The number of hydrogen-bond acceptors (Lipinski definition) is 4. The Bertz CT molecular complexity index is 314. The van der Waals surface area contributed by atoms with Crippen molar-refractivity contribution in [3.8, 4) is 0 Å². The van der Waals surface area contributed by atoms with Crippen LogP contribution in [0.25, 0.3) is 0 Å². The fourth-order valence-corrected chi connectivity index (χ4v) is 4.10. The molecule has 0 aromatic heterocycles. The summed E-state index contributed by atoms with van der Waals surface area (Å²) in [6.07, 6.45) is 2.82. The van der Waals surface area contributed by atoms with Crippen LogP contribution >= 0.6 is 0 Å². The molecule has 1 N–H and O–H groups in total. The van der Waals surface area contributed by atoms with Gasteiger partial charge < -0.3 is 15.1 Å². The molecule has 116 valence electrons. The zero-order chi connectivity index (χ0) is 14.2. The van der Waals surface area contributed by atoms with Crippen LogP contribution in [-0.2, 0) is 0 Å². The van der Waals surface area contributed by atoms with Crippen LogP contribution in [-0.4, -0.2) is 85.7 Å². The van der Waals surface area contributed by atoms with Crippen molar-refractivity contribution in [3.05, 3.63) is 0 Å². The minimum atomic E-state index is 0.285. The van der Waals surface area contributed by atoms with Gasteiger partial charge in [-0.05, 0) is 52.7 Å². The zero-order valence-electron chi connectivity index (χ0n) is 13.6. The quantitative estimate of drug-likeness (QED) is 0.818. The number of likely N-dealkylation sites (N-methyl/N-ethyl adjacent to an activating group) is 1. The molecule has 4 aliphatic heterocycles. The molecule has 0 aromatic carbocycles. The minimum absolute atomic E-state index is 0.285. The highest BCUT2D eigenvalue weighted by Crippen LogP contribution is 2.28. The first-order valence-corrected chi connectivity index (χ1v) is 8.44. The largest absolute Gasteiger partial charge is 0.311 e. The molecule has 0 aromatic rings. The Balaban J connectivity index is 1.49. The van der Waals surface area contributed by atoms with E-state index >= 15 is 0 Å². The number of piperazine rings is 1. The van der Waals surface area contributed by atoms with E-state index in [1.807, 2.05) is 0 Å². The lowest BCUT2D eigenvalue weighted by molar-refractivity contribution is 0.0394. The molecule has 4 heteroatoms. The Labute approximate surface area is 124 Å². The fourth-order valence-electron chi connectivity index (χ4n) is 4.10. The number of rotatable bonds is 4. The van der Waals surface area contributed by atoms with Gasteiger partial charge in [-0.1, -0.05) is 0 Å². The van der Waals surface area contributed by atoms with Gasteiger partial charge in [0, 0.05) is 50.8 Å². The van der Waals surface area contributed by atoms with Crippen LogP contribution in [0.2, 0.25) is 0 Å². The maximum absolute atomic E-state index is 3.90. The summed E-state index contributed by atoms with van der Waals surface area (Å²) >= 11 is 0. The topological polar surface area (TPSA) is 21.8 Å². The highest BCUT2D eigenvalue weighted by molar-refractivity contribution is 4.94. The smallest absolute Gasteiger partial charge is 0.0278 e. The number of piperidine rings is 3. The Morgan fingerprint density at radius 2 is 1.65 bits per heavy atom. The lowest BCUT2D eigenvalue weighted by Gasteiger charge is -2.48. The third kappa shape index (κ3) is 3.19. The average molecular weight is 280 g/mol. The van der Waals surface area contributed by atoms with E-state index in [0.717, 1.165) is 18.5 Å². The first-order chi connectivity index (χ1) is 9.54. The van der Waals surface area contributed by atoms with Crippen LogP contribution in [0, 0.1) is 5.92 Å². The van der Waals surface area contributed by atoms with E-state index in [-0.39, 0.29) is 5.54 Å². The van der Waals surface area contributed by atoms with Crippen molar-refractivity contribution in [2.45, 2.75) is 38.3 Å². The molecule has 0 radical (unpaired) electrons. The highest BCUT2D eigenvalue weighted by atomic mass is 15.3.